The molecule has 2 rings (SSSR count). The fraction of sp³-hybridized carbons (Fsp3) is 0.100. The van der Waals surface area contributed by atoms with Crippen molar-refractivity contribution in [2.45, 2.75) is 6.92 Å². The van der Waals surface area contributed by atoms with Gasteiger partial charge in [0.05, 0.1) is 11.3 Å². The van der Waals surface area contributed by atoms with E-state index in [1.165, 1.54) is 6.20 Å². The van der Waals surface area contributed by atoms with Gasteiger partial charge < -0.3 is 5.73 Å². The SMILES string of the molecule is Cc1ccn(-c2ccc(C(N)=O)cn2)n1. The van der Waals surface area contributed by atoms with E-state index in [1.54, 1.807) is 16.8 Å². The summed E-state index contributed by atoms with van der Waals surface area (Å²) in [5.74, 6) is 0.179. The number of aromatic nitrogens is 3. The summed E-state index contributed by atoms with van der Waals surface area (Å²) in [7, 11) is 0. The Kier molecular flexibility index (Phi) is 2.21. The number of carbonyl (C=O) groups is 1. The predicted molar refractivity (Wildman–Crippen MR) is 54.6 cm³/mol. The van der Waals surface area contributed by atoms with Crippen molar-refractivity contribution in [3.05, 3.63) is 41.9 Å². The van der Waals surface area contributed by atoms with E-state index >= 15 is 0 Å². The topological polar surface area (TPSA) is 73.8 Å². The summed E-state index contributed by atoms with van der Waals surface area (Å²) in [4.78, 5) is 14.9. The normalized spacial score (nSPS) is 10.2. The lowest BCUT2D eigenvalue weighted by molar-refractivity contribution is 0.1000. The highest BCUT2D eigenvalue weighted by Crippen LogP contribution is 2.05. The Morgan fingerprint density at radius 2 is 2.20 bits per heavy atom. The van der Waals surface area contributed by atoms with E-state index in [1.807, 2.05) is 19.2 Å². The van der Waals surface area contributed by atoms with Gasteiger partial charge in [0.15, 0.2) is 5.82 Å². The molecular formula is C10H10N4O. The van der Waals surface area contributed by atoms with Crippen LogP contribution in [0.2, 0.25) is 0 Å². The summed E-state index contributed by atoms with van der Waals surface area (Å²) in [5.41, 5.74) is 6.41. The Morgan fingerprint density at radius 3 is 2.67 bits per heavy atom. The van der Waals surface area contributed by atoms with Crippen LogP contribution in [0.15, 0.2) is 30.6 Å². The van der Waals surface area contributed by atoms with E-state index in [0.717, 1.165) is 5.69 Å². The average molecular weight is 202 g/mol. The molecule has 0 radical (unpaired) electrons. The molecule has 2 N–H and O–H groups in total. The van der Waals surface area contributed by atoms with Gasteiger partial charge in [-0.2, -0.15) is 5.10 Å². The maximum Gasteiger partial charge on any atom is 0.250 e. The molecule has 1 amide bonds. The second-order valence-electron chi connectivity index (χ2n) is 3.17. The predicted octanol–water partition coefficient (Wildman–Crippen LogP) is 0.675. The highest BCUT2D eigenvalue weighted by Gasteiger charge is 2.02. The van der Waals surface area contributed by atoms with Gasteiger partial charge in [0, 0.05) is 12.4 Å². The number of nitrogens with zero attached hydrogens (tertiary/aromatic N) is 3. The summed E-state index contributed by atoms with van der Waals surface area (Å²) >= 11 is 0. The minimum Gasteiger partial charge on any atom is -0.366 e. The first-order valence-corrected chi connectivity index (χ1v) is 4.45. The van der Waals surface area contributed by atoms with Crippen molar-refractivity contribution in [2.24, 2.45) is 5.73 Å². The van der Waals surface area contributed by atoms with Crippen LogP contribution in [0.3, 0.4) is 0 Å². The molecule has 0 aromatic carbocycles. The Hall–Kier alpha value is -2.17. The zero-order chi connectivity index (χ0) is 10.8. The average Bonchev–Trinajstić information content (AvgIpc) is 2.65. The van der Waals surface area contributed by atoms with Crippen molar-refractivity contribution < 1.29 is 4.79 Å². The summed E-state index contributed by atoms with van der Waals surface area (Å²) < 4.78 is 1.64. The second kappa shape index (κ2) is 3.53. The quantitative estimate of drug-likeness (QED) is 0.778. The fourth-order valence-electron chi connectivity index (χ4n) is 1.21. The van der Waals surface area contributed by atoms with Crippen molar-refractivity contribution in [1.82, 2.24) is 14.8 Å². The van der Waals surface area contributed by atoms with Gasteiger partial charge in [-0.15, -0.1) is 0 Å². The molecule has 15 heavy (non-hydrogen) atoms. The van der Waals surface area contributed by atoms with Gasteiger partial charge in [-0.05, 0) is 25.1 Å². The van der Waals surface area contributed by atoms with Gasteiger partial charge in [-0.1, -0.05) is 0 Å². The lowest BCUT2D eigenvalue weighted by atomic mass is 10.3. The van der Waals surface area contributed by atoms with Crippen molar-refractivity contribution in [3.63, 3.8) is 0 Å². The van der Waals surface area contributed by atoms with Crippen LogP contribution < -0.4 is 5.73 Å². The molecule has 2 aromatic rings. The summed E-state index contributed by atoms with van der Waals surface area (Å²) in [6, 6.07) is 5.21. The van der Waals surface area contributed by atoms with Crippen LogP contribution in [0.25, 0.3) is 5.82 Å². The van der Waals surface area contributed by atoms with Crippen LogP contribution in [-0.4, -0.2) is 20.7 Å². The van der Waals surface area contributed by atoms with E-state index in [9.17, 15) is 4.79 Å². The van der Waals surface area contributed by atoms with E-state index < -0.39 is 5.91 Å². The molecule has 0 spiro atoms. The van der Waals surface area contributed by atoms with Gasteiger partial charge in [0.1, 0.15) is 0 Å². The third-order valence-corrected chi connectivity index (χ3v) is 1.99. The fourth-order valence-corrected chi connectivity index (χ4v) is 1.21. The molecule has 0 bridgehead atoms. The van der Waals surface area contributed by atoms with Crippen LogP contribution in [0.4, 0.5) is 0 Å². The minimum atomic E-state index is -0.481. The molecule has 0 aliphatic rings. The van der Waals surface area contributed by atoms with Crippen molar-refractivity contribution >= 4 is 5.91 Å². The molecule has 0 saturated carbocycles. The van der Waals surface area contributed by atoms with Crippen LogP contribution >= 0.6 is 0 Å². The Bertz CT molecular complexity index is 486. The van der Waals surface area contributed by atoms with Gasteiger partial charge in [0.25, 0.3) is 0 Å². The maximum atomic E-state index is 10.8. The molecule has 0 fully saturated rings. The molecule has 0 aliphatic carbocycles. The van der Waals surface area contributed by atoms with Crippen LogP contribution in [0, 0.1) is 6.92 Å². The number of hydrogen-bond donors (Lipinski definition) is 1. The monoisotopic (exact) mass is 202 g/mol. The van der Waals surface area contributed by atoms with E-state index in [0.29, 0.717) is 11.4 Å². The Morgan fingerprint density at radius 1 is 1.40 bits per heavy atom. The van der Waals surface area contributed by atoms with Gasteiger partial charge in [-0.25, -0.2) is 9.67 Å². The van der Waals surface area contributed by atoms with Crippen molar-refractivity contribution in [3.8, 4) is 5.82 Å². The van der Waals surface area contributed by atoms with Gasteiger partial charge in [-0.3, -0.25) is 4.79 Å². The zero-order valence-corrected chi connectivity index (χ0v) is 8.21. The molecule has 5 heteroatoms. The molecule has 0 unspecified atom stereocenters. The molecule has 0 atom stereocenters. The maximum absolute atomic E-state index is 10.8. The number of nitrogens with two attached hydrogens (primary N) is 1. The minimum absolute atomic E-state index is 0.391. The van der Waals surface area contributed by atoms with E-state index in [4.69, 9.17) is 5.73 Å². The molecule has 5 nitrogen and oxygen atoms in total. The Labute approximate surface area is 86.5 Å². The molecule has 0 saturated heterocycles. The number of amides is 1. The van der Waals surface area contributed by atoms with Crippen molar-refractivity contribution in [2.75, 3.05) is 0 Å². The smallest absolute Gasteiger partial charge is 0.250 e. The van der Waals surface area contributed by atoms with Crippen LogP contribution in [0.5, 0.6) is 0 Å². The first kappa shape index (κ1) is 9.39. The number of rotatable bonds is 2. The number of pyridine rings is 1. The van der Waals surface area contributed by atoms with Gasteiger partial charge >= 0.3 is 0 Å². The summed E-state index contributed by atoms with van der Waals surface area (Å²) in [5, 5.41) is 4.19. The highest BCUT2D eigenvalue weighted by atomic mass is 16.1. The first-order chi connectivity index (χ1) is 7.16. The third-order valence-electron chi connectivity index (χ3n) is 1.99. The molecule has 0 aliphatic heterocycles. The second-order valence-corrected chi connectivity index (χ2v) is 3.17. The summed E-state index contributed by atoms with van der Waals surface area (Å²) in [6.07, 6.45) is 3.25. The van der Waals surface area contributed by atoms with Crippen molar-refractivity contribution in [1.29, 1.82) is 0 Å². The lowest BCUT2D eigenvalue weighted by Gasteiger charge is -2.00. The number of aryl methyl sites for hydroxylation is 1. The summed E-state index contributed by atoms with van der Waals surface area (Å²) in [6.45, 7) is 1.90. The molecular weight excluding hydrogens is 192 g/mol. The van der Waals surface area contributed by atoms with E-state index in [2.05, 4.69) is 10.1 Å². The molecule has 2 aromatic heterocycles. The number of hydrogen-bond acceptors (Lipinski definition) is 3. The van der Waals surface area contributed by atoms with Crippen LogP contribution in [-0.2, 0) is 0 Å². The van der Waals surface area contributed by atoms with Gasteiger partial charge in [0.2, 0.25) is 5.91 Å². The first-order valence-electron chi connectivity index (χ1n) is 4.45. The van der Waals surface area contributed by atoms with Crippen LogP contribution in [0.1, 0.15) is 16.1 Å². The number of primary amides is 1. The third kappa shape index (κ3) is 1.85. The highest BCUT2D eigenvalue weighted by molar-refractivity contribution is 5.92. The van der Waals surface area contributed by atoms with E-state index in [-0.39, 0.29) is 0 Å². The zero-order valence-electron chi connectivity index (χ0n) is 8.21. The lowest BCUT2D eigenvalue weighted by Crippen LogP contribution is -2.11. The number of carbonyl (C=O) groups excluding carboxylic acids is 1. The standard InChI is InChI=1S/C10H10N4O/c1-7-4-5-14(13-7)9-3-2-8(6-12-9)10(11)15/h2-6H,1H3,(H2,11,15). The Balaban J connectivity index is 2.35. The largest absolute Gasteiger partial charge is 0.366 e. The molecule has 76 valence electrons. The molecule has 2 heterocycles.